The highest BCUT2D eigenvalue weighted by molar-refractivity contribution is 5.92. The number of rotatable bonds is 4. The average Bonchev–Trinajstić information content (AvgIpc) is 2.57. The van der Waals surface area contributed by atoms with E-state index in [1.807, 2.05) is 30.3 Å². The van der Waals surface area contributed by atoms with Crippen LogP contribution in [0.4, 0.5) is 4.79 Å². The van der Waals surface area contributed by atoms with E-state index in [4.69, 9.17) is 4.74 Å². The fraction of sp³-hybridized carbons (Fsp3) is 0.158. The van der Waals surface area contributed by atoms with Crippen LogP contribution in [0.5, 0.6) is 0 Å². The van der Waals surface area contributed by atoms with E-state index >= 15 is 0 Å². The van der Waals surface area contributed by atoms with Gasteiger partial charge in [0.1, 0.15) is 6.61 Å². The largest absolute Gasteiger partial charge is 0.478 e. The van der Waals surface area contributed by atoms with E-state index in [9.17, 15) is 14.7 Å². The summed E-state index contributed by atoms with van der Waals surface area (Å²) in [6.45, 7) is 1.97. The first kappa shape index (κ1) is 17.1. The lowest BCUT2D eigenvalue weighted by Crippen LogP contribution is -2.24. The molecule has 1 amide bonds. The van der Waals surface area contributed by atoms with Gasteiger partial charge in [0, 0.05) is 5.56 Å². The molecule has 5 heteroatoms. The predicted molar refractivity (Wildman–Crippen MR) is 89.6 cm³/mol. The van der Waals surface area contributed by atoms with Crippen molar-refractivity contribution in [2.24, 2.45) is 0 Å². The number of hydrogen-bond donors (Lipinski definition) is 2. The van der Waals surface area contributed by atoms with E-state index in [1.165, 1.54) is 0 Å². The van der Waals surface area contributed by atoms with Crippen LogP contribution in [0.2, 0.25) is 0 Å². The van der Waals surface area contributed by atoms with Gasteiger partial charge in [0.05, 0.1) is 12.1 Å². The Labute approximate surface area is 140 Å². The smallest absolute Gasteiger partial charge is 0.408 e. The van der Waals surface area contributed by atoms with Crippen molar-refractivity contribution in [3.8, 4) is 11.8 Å². The summed E-state index contributed by atoms with van der Waals surface area (Å²) in [4.78, 5) is 22.8. The minimum absolute atomic E-state index is 0.0701. The second-order valence-electron chi connectivity index (χ2n) is 5.02. The van der Waals surface area contributed by atoms with Crippen LogP contribution in [-0.2, 0) is 11.3 Å². The van der Waals surface area contributed by atoms with Crippen molar-refractivity contribution >= 4 is 12.1 Å². The van der Waals surface area contributed by atoms with E-state index in [2.05, 4.69) is 17.2 Å². The molecule has 0 heterocycles. The van der Waals surface area contributed by atoms with Crippen molar-refractivity contribution < 1.29 is 19.4 Å². The second-order valence-corrected chi connectivity index (χ2v) is 5.02. The van der Waals surface area contributed by atoms with Gasteiger partial charge in [-0.1, -0.05) is 54.3 Å². The van der Waals surface area contributed by atoms with Gasteiger partial charge in [0.2, 0.25) is 0 Å². The Morgan fingerprint density at radius 2 is 1.88 bits per heavy atom. The monoisotopic (exact) mass is 323 g/mol. The number of carboxylic acids is 1. The molecule has 0 atom stereocenters. The number of carbonyl (C=O) groups excluding carboxylic acids is 1. The van der Waals surface area contributed by atoms with Crippen molar-refractivity contribution in [2.45, 2.75) is 13.5 Å². The summed E-state index contributed by atoms with van der Waals surface area (Å²) < 4.78 is 5.05. The van der Waals surface area contributed by atoms with Gasteiger partial charge in [0.25, 0.3) is 0 Å². The maximum absolute atomic E-state index is 11.6. The van der Waals surface area contributed by atoms with Crippen molar-refractivity contribution in [3.05, 3.63) is 70.8 Å². The van der Waals surface area contributed by atoms with Gasteiger partial charge in [-0.15, -0.1) is 0 Å². The number of amides is 1. The van der Waals surface area contributed by atoms with E-state index in [0.717, 1.165) is 5.56 Å². The van der Waals surface area contributed by atoms with Gasteiger partial charge in [-0.3, -0.25) is 0 Å². The van der Waals surface area contributed by atoms with Crippen molar-refractivity contribution in [1.82, 2.24) is 5.32 Å². The number of aromatic carboxylic acids is 1. The molecule has 0 aliphatic heterocycles. The van der Waals surface area contributed by atoms with Gasteiger partial charge >= 0.3 is 12.1 Å². The lowest BCUT2D eigenvalue weighted by atomic mass is 10.0. The minimum Gasteiger partial charge on any atom is -0.478 e. The quantitative estimate of drug-likeness (QED) is 0.848. The van der Waals surface area contributed by atoms with Crippen LogP contribution in [0.15, 0.2) is 48.5 Å². The highest BCUT2D eigenvalue weighted by Gasteiger charge is 2.10. The Hall–Kier alpha value is -3.26. The van der Waals surface area contributed by atoms with Crippen LogP contribution >= 0.6 is 0 Å². The van der Waals surface area contributed by atoms with Crippen LogP contribution in [0, 0.1) is 18.8 Å². The van der Waals surface area contributed by atoms with E-state index in [0.29, 0.717) is 11.1 Å². The normalized spacial score (nSPS) is 9.54. The van der Waals surface area contributed by atoms with Gasteiger partial charge in [-0.2, -0.15) is 0 Å². The van der Waals surface area contributed by atoms with Gasteiger partial charge in [-0.25, -0.2) is 9.59 Å². The van der Waals surface area contributed by atoms with Crippen molar-refractivity contribution in [2.75, 3.05) is 6.54 Å². The van der Waals surface area contributed by atoms with Crippen molar-refractivity contribution in [3.63, 3.8) is 0 Å². The number of benzene rings is 2. The Kier molecular flexibility index (Phi) is 5.98. The third-order valence-corrected chi connectivity index (χ3v) is 3.24. The molecule has 0 fully saturated rings. The molecular formula is C19H17NO4. The van der Waals surface area contributed by atoms with Crippen LogP contribution in [0.25, 0.3) is 0 Å². The number of aryl methyl sites for hydroxylation is 1. The third kappa shape index (κ3) is 4.89. The van der Waals surface area contributed by atoms with Crippen LogP contribution in [-0.4, -0.2) is 23.7 Å². The number of carbonyl (C=O) groups is 2. The zero-order valence-electron chi connectivity index (χ0n) is 13.2. The number of nitrogens with one attached hydrogen (secondary N) is 1. The molecule has 2 aromatic carbocycles. The lowest BCUT2D eigenvalue weighted by Gasteiger charge is -2.05. The SMILES string of the molecule is Cc1cccc(C#CCNC(=O)OCc2ccccc2)c1C(=O)O. The Bertz CT molecular complexity index is 788. The van der Waals surface area contributed by atoms with E-state index in [1.54, 1.807) is 25.1 Å². The highest BCUT2D eigenvalue weighted by Crippen LogP contribution is 2.12. The van der Waals surface area contributed by atoms with Crippen molar-refractivity contribution in [1.29, 1.82) is 0 Å². The molecule has 0 spiro atoms. The summed E-state index contributed by atoms with van der Waals surface area (Å²) in [5.41, 5.74) is 2.13. The Morgan fingerprint density at radius 3 is 2.58 bits per heavy atom. The molecule has 122 valence electrons. The molecule has 0 saturated heterocycles. The molecule has 2 N–H and O–H groups in total. The number of alkyl carbamates (subject to hydrolysis) is 1. The first-order valence-corrected chi connectivity index (χ1v) is 7.34. The zero-order chi connectivity index (χ0) is 17.4. The fourth-order valence-corrected chi connectivity index (χ4v) is 2.09. The Balaban J connectivity index is 1.87. The minimum atomic E-state index is -1.02. The molecule has 0 aliphatic rings. The number of ether oxygens (including phenoxy) is 1. The number of hydrogen-bond acceptors (Lipinski definition) is 3. The zero-order valence-corrected chi connectivity index (χ0v) is 13.2. The number of carboxylic acid groups (broad SMARTS) is 1. The first-order chi connectivity index (χ1) is 11.6. The lowest BCUT2D eigenvalue weighted by molar-refractivity contribution is 0.0695. The first-order valence-electron chi connectivity index (χ1n) is 7.34. The molecule has 2 rings (SSSR count). The summed E-state index contributed by atoms with van der Waals surface area (Å²) in [7, 11) is 0. The molecule has 24 heavy (non-hydrogen) atoms. The maximum Gasteiger partial charge on any atom is 0.408 e. The molecular weight excluding hydrogens is 306 g/mol. The molecule has 2 aromatic rings. The van der Waals surface area contributed by atoms with Gasteiger partial charge in [0.15, 0.2) is 0 Å². The summed E-state index contributed by atoms with van der Waals surface area (Å²) in [6.07, 6.45) is -0.573. The van der Waals surface area contributed by atoms with E-state index in [-0.39, 0.29) is 18.7 Å². The third-order valence-electron chi connectivity index (χ3n) is 3.24. The fourth-order valence-electron chi connectivity index (χ4n) is 2.09. The molecule has 0 aromatic heterocycles. The molecule has 0 saturated carbocycles. The highest BCUT2D eigenvalue weighted by atomic mass is 16.5. The van der Waals surface area contributed by atoms with E-state index < -0.39 is 12.1 Å². The topological polar surface area (TPSA) is 75.6 Å². The molecule has 5 nitrogen and oxygen atoms in total. The van der Waals surface area contributed by atoms with Crippen LogP contribution in [0.3, 0.4) is 0 Å². The second kappa shape index (κ2) is 8.39. The molecule has 0 radical (unpaired) electrons. The van der Waals surface area contributed by atoms with Gasteiger partial charge in [-0.05, 0) is 24.1 Å². The van der Waals surface area contributed by atoms with Gasteiger partial charge < -0.3 is 15.2 Å². The molecule has 0 bridgehead atoms. The standard InChI is InChI=1S/C19H17NO4/c1-14-7-5-10-16(17(14)18(21)22)11-6-12-20-19(23)24-13-15-8-3-2-4-9-15/h2-5,7-10H,12-13H2,1H3,(H,20,23)(H,21,22). The summed E-state index contributed by atoms with van der Waals surface area (Å²) in [5, 5.41) is 11.7. The van der Waals surface area contributed by atoms with Crippen LogP contribution in [0.1, 0.15) is 27.0 Å². The molecule has 0 aliphatic carbocycles. The Morgan fingerprint density at radius 1 is 1.12 bits per heavy atom. The summed E-state index contributed by atoms with van der Waals surface area (Å²) in [5.74, 6) is 4.47. The average molecular weight is 323 g/mol. The molecule has 0 unspecified atom stereocenters. The summed E-state index contributed by atoms with van der Waals surface area (Å²) in [6, 6.07) is 14.4. The van der Waals surface area contributed by atoms with Crippen LogP contribution < -0.4 is 5.32 Å². The summed E-state index contributed by atoms with van der Waals surface area (Å²) >= 11 is 0. The predicted octanol–water partition coefficient (Wildman–Crippen LogP) is 2.97. The maximum atomic E-state index is 11.6.